The van der Waals surface area contributed by atoms with E-state index in [1.807, 2.05) is 0 Å². The predicted octanol–water partition coefficient (Wildman–Crippen LogP) is 2.60. The monoisotopic (exact) mass is 323 g/mol. The molecule has 0 amide bonds. The van der Waals surface area contributed by atoms with Gasteiger partial charge in [0.15, 0.2) is 6.20 Å². The average Bonchev–Trinajstić information content (AvgIpc) is 1.94. The molecule has 0 aromatic carbocycles. The largest absolute Gasteiger partial charge is 0.618 e. The molecule has 1 aromatic heterocycles. The standard InChI is InChI=1S/C6H2ClF3INO/c7-5-4(6(8,9)10)1-3(11)2-12(5)13/h1-2H. The minimum atomic E-state index is -4.59. The van der Waals surface area contributed by atoms with Gasteiger partial charge in [-0.2, -0.15) is 17.9 Å². The van der Waals surface area contributed by atoms with Crippen molar-refractivity contribution in [1.29, 1.82) is 0 Å². The van der Waals surface area contributed by atoms with Crippen molar-refractivity contribution in [3.05, 3.63) is 31.8 Å². The van der Waals surface area contributed by atoms with E-state index in [2.05, 4.69) is 0 Å². The van der Waals surface area contributed by atoms with Crippen LogP contribution in [-0.2, 0) is 6.18 Å². The second-order valence-electron chi connectivity index (χ2n) is 2.19. The van der Waals surface area contributed by atoms with E-state index in [0.29, 0.717) is 0 Å². The molecule has 7 heteroatoms. The third kappa shape index (κ3) is 2.37. The lowest BCUT2D eigenvalue weighted by Crippen LogP contribution is -2.30. The van der Waals surface area contributed by atoms with E-state index >= 15 is 0 Å². The van der Waals surface area contributed by atoms with Crippen LogP contribution in [0, 0.1) is 8.78 Å². The molecule has 0 aliphatic carbocycles. The Balaban J connectivity index is 3.37. The molecule has 0 aliphatic rings. The van der Waals surface area contributed by atoms with E-state index in [1.54, 1.807) is 22.6 Å². The summed E-state index contributed by atoms with van der Waals surface area (Å²) in [5.74, 6) is 0. The van der Waals surface area contributed by atoms with E-state index < -0.39 is 16.9 Å². The quantitative estimate of drug-likeness (QED) is 0.312. The van der Waals surface area contributed by atoms with E-state index in [-0.39, 0.29) is 8.30 Å². The van der Waals surface area contributed by atoms with Crippen LogP contribution >= 0.6 is 34.2 Å². The van der Waals surface area contributed by atoms with Gasteiger partial charge in [0.1, 0.15) is 5.56 Å². The molecule has 0 aliphatic heterocycles. The summed E-state index contributed by atoms with van der Waals surface area (Å²) < 4.78 is 36.7. The lowest BCUT2D eigenvalue weighted by Gasteiger charge is -2.08. The Morgan fingerprint density at radius 3 is 2.46 bits per heavy atom. The SMILES string of the molecule is [O-][n+]1cc(I)cc(C(F)(F)F)c1Cl. The Bertz CT molecular complexity index is 341. The van der Waals surface area contributed by atoms with E-state index in [4.69, 9.17) is 11.6 Å². The van der Waals surface area contributed by atoms with Crippen LogP contribution in [0.25, 0.3) is 0 Å². The number of nitrogens with zero attached hydrogens (tertiary/aromatic N) is 1. The molecule has 0 saturated carbocycles. The van der Waals surface area contributed by atoms with Crippen molar-refractivity contribution >= 4 is 34.2 Å². The molecular weight excluding hydrogens is 321 g/mol. The van der Waals surface area contributed by atoms with E-state index in [9.17, 15) is 18.4 Å². The number of hydrogen-bond acceptors (Lipinski definition) is 1. The summed E-state index contributed by atoms with van der Waals surface area (Å²) in [7, 11) is 0. The fourth-order valence-corrected chi connectivity index (χ4v) is 1.50. The van der Waals surface area contributed by atoms with Gasteiger partial charge in [0, 0.05) is 0 Å². The molecule has 1 aromatic rings. The van der Waals surface area contributed by atoms with Gasteiger partial charge in [-0.15, -0.1) is 0 Å². The Morgan fingerprint density at radius 2 is 2.00 bits per heavy atom. The second kappa shape index (κ2) is 3.49. The van der Waals surface area contributed by atoms with Crippen molar-refractivity contribution < 1.29 is 17.9 Å². The molecule has 0 unspecified atom stereocenters. The summed E-state index contributed by atoms with van der Waals surface area (Å²) in [6, 6.07) is 0.817. The number of rotatable bonds is 0. The smallest absolute Gasteiger partial charge is 0.423 e. The van der Waals surface area contributed by atoms with Crippen LogP contribution in [0.2, 0.25) is 5.15 Å². The molecule has 2 nitrogen and oxygen atoms in total. The van der Waals surface area contributed by atoms with Gasteiger partial charge in [0.25, 0.3) is 5.15 Å². The number of aromatic nitrogens is 1. The first kappa shape index (κ1) is 10.8. The number of pyridine rings is 1. The minimum Gasteiger partial charge on any atom is -0.618 e. The van der Waals surface area contributed by atoms with Gasteiger partial charge in [-0.1, -0.05) is 0 Å². The maximum Gasteiger partial charge on any atom is 0.423 e. The van der Waals surface area contributed by atoms with Crippen molar-refractivity contribution in [2.24, 2.45) is 0 Å². The highest BCUT2D eigenvalue weighted by atomic mass is 127. The summed E-state index contributed by atoms with van der Waals surface area (Å²) in [6.45, 7) is 0. The number of alkyl halides is 3. The molecule has 1 heterocycles. The zero-order valence-corrected chi connectivity index (χ0v) is 8.81. The lowest BCUT2D eigenvalue weighted by molar-refractivity contribution is -0.605. The van der Waals surface area contributed by atoms with Crippen molar-refractivity contribution in [1.82, 2.24) is 0 Å². The predicted molar refractivity (Wildman–Crippen MR) is 48.1 cm³/mol. The highest BCUT2D eigenvalue weighted by Crippen LogP contribution is 2.33. The third-order valence-electron chi connectivity index (χ3n) is 1.24. The van der Waals surface area contributed by atoms with E-state index in [0.717, 1.165) is 12.3 Å². The number of halogens is 5. The summed E-state index contributed by atoms with van der Waals surface area (Å²) in [5.41, 5.74) is -1.11. The molecule has 0 spiro atoms. The Kier molecular flexibility index (Phi) is 2.91. The molecule has 0 N–H and O–H groups in total. The van der Waals surface area contributed by atoms with Crippen molar-refractivity contribution in [2.45, 2.75) is 6.18 Å². The summed E-state index contributed by atoms with van der Waals surface area (Å²) in [4.78, 5) is 0. The second-order valence-corrected chi connectivity index (χ2v) is 3.79. The van der Waals surface area contributed by atoms with Crippen LogP contribution in [0.15, 0.2) is 12.3 Å². The van der Waals surface area contributed by atoms with Crippen molar-refractivity contribution in [3.8, 4) is 0 Å². The molecule has 0 fully saturated rings. The third-order valence-corrected chi connectivity index (χ3v) is 2.20. The first-order valence-corrected chi connectivity index (χ1v) is 4.43. The van der Waals surface area contributed by atoms with Crippen molar-refractivity contribution in [2.75, 3.05) is 0 Å². The Morgan fingerprint density at radius 1 is 1.46 bits per heavy atom. The topological polar surface area (TPSA) is 26.9 Å². The molecule has 0 radical (unpaired) electrons. The molecule has 72 valence electrons. The Labute approximate surface area is 90.0 Å². The zero-order valence-electron chi connectivity index (χ0n) is 5.90. The van der Waals surface area contributed by atoms with Crippen LogP contribution in [0.5, 0.6) is 0 Å². The highest BCUT2D eigenvalue weighted by Gasteiger charge is 2.37. The van der Waals surface area contributed by atoms with Crippen molar-refractivity contribution in [3.63, 3.8) is 0 Å². The first-order chi connectivity index (χ1) is 5.82. The van der Waals surface area contributed by atoms with Crippen LogP contribution in [0.1, 0.15) is 5.56 Å². The lowest BCUT2D eigenvalue weighted by atomic mass is 10.3. The summed E-state index contributed by atoms with van der Waals surface area (Å²) in [5, 5.41) is 9.93. The van der Waals surface area contributed by atoms with Gasteiger partial charge < -0.3 is 5.21 Å². The molecular formula is C6H2ClF3INO. The van der Waals surface area contributed by atoms with Gasteiger partial charge in [0.05, 0.1) is 3.57 Å². The Hall–Kier alpha value is -0.240. The van der Waals surface area contributed by atoms with Gasteiger partial charge in [-0.05, 0) is 40.3 Å². The normalized spacial score (nSPS) is 11.8. The molecule has 0 atom stereocenters. The average molecular weight is 323 g/mol. The van der Waals surface area contributed by atoms with Gasteiger partial charge >= 0.3 is 6.18 Å². The van der Waals surface area contributed by atoms with Crippen LogP contribution < -0.4 is 4.73 Å². The summed E-state index contributed by atoms with van der Waals surface area (Å²) in [6.07, 6.45) is -3.62. The van der Waals surface area contributed by atoms with Gasteiger partial charge in [0.2, 0.25) is 0 Å². The summed E-state index contributed by atoms with van der Waals surface area (Å²) >= 11 is 6.79. The minimum absolute atomic E-state index is 0.00779. The van der Waals surface area contributed by atoms with Gasteiger partial charge in [-0.3, -0.25) is 0 Å². The fourth-order valence-electron chi connectivity index (χ4n) is 0.721. The fraction of sp³-hybridized carbons (Fsp3) is 0.167. The molecule has 13 heavy (non-hydrogen) atoms. The molecule has 1 rings (SSSR count). The van der Waals surface area contributed by atoms with Gasteiger partial charge in [-0.25, -0.2) is 0 Å². The molecule has 0 saturated heterocycles. The maximum absolute atomic E-state index is 12.2. The first-order valence-electron chi connectivity index (χ1n) is 2.98. The van der Waals surface area contributed by atoms with E-state index in [1.165, 1.54) is 0 Å². The highest BCUT2D eigenvalue weighted by molar-refractivity contribution is 14.1. The van der Waals surface area contributed by atoms with Crippen LogP contribution in [0.3, 0.4) is 0 Å². The zero-order chi connectivity index (χ0) is 10.2. The van der Waals surface area contributed by atoms with Crippen LogP contribution in [0.4, 0.5) is 13.2 Å². The molecule has 0 bridgehead atoms. The maximum atomic E-state index is 12.2. The number of hydrogen-bond donors (Lipinski definition) is 0. The van der Waals surface area contributed by atoms with Crippen LogP contribution in [-0.4, -0.2) is 0 Å².